The van der Waals surface area contributed by atoms with Crippen LogP contribution >= 0.6 is 0 Å². The summed E-state index contributed by atoms with van der Waals surface area (Å²) in [7, 11) is 0. The fourth-order valence-electron chi connectivity index (χ4n) is 13.7. The summed E-state index contributed by atoms with van der Waals surface area (Å²) in [6.07, 6.45) is 21.4. The molecule has 3 aliphatic rings. The third-order valence-electron chi connectivity index (χ3n) is 18.2. The number of carbonyl (C=O) groups is 3. The molecule has 18 nitrogen and oxygen atoms in total. The average molecular weight is 1220 g/mol. The van der Waals surface area contributed by atoms with Crippen LogP contribution in [0.1, 0.15) is 56.7 Å². The van der Waals surface area contributed by atoms with E-state index < -0.39 is 0 Å². The lowest BCUT2D eigenvalue weighted by atomic mass is 10.1. The lowest BCUT2D eigenvalue weighted by Gasteiger charge is -2.21. The first-order chi connectivity index (χ1) is 44.4. The molecule has 12 aromatic rings. The van der Waals surface area contributed by atoms with Crippen molar-refractivity contribution in [3.63, 3.8) is 0 Å². The average Bonchev–Trinajstić information content (AvgIpc) is 2.74. The Morgan fingerprint density at radius 3 is 1.10 bits per heavy atom. The number of nitrogens with zero attached hydrogens (tertiary/aromatic N) is 12. The van der Waals surface area contributed by atoms with Crippen LogP contribution in [0.15, 0.2) is 195 Å². The molecule has 15 rings (SSSR count). The number of aromatic nitrogens is 12. The molecule has 3 amide bonds. The van der Waals surface area contributed by atoms with Gasteiger partial charge in [0.2, 0.25) is 17.7 Å². The number of rotatable bonds is 15. The summed E-state index contributed by atoms with van der Waals surface area (Å²) in [5, 5.41) is 20.5. The molecule has 0 radical (unpaired) electrons. The Bertz CT molecular complexity index is 4220. The molecule has 462 valence electrons. The van der Waals surface area contributed by atoms with Gasteiger partial charge in [-0.3, -0.25) is 29.7 Å². The Balaban J connectivity index is 0.000000125. The third kappa shape index (κ3) is 13.8. The molecule has 0 saturated carbocycles. The lowest BCUT2D eigenvalue weighted by Crippen LogP contribution is -2.35. The van der Waals surface area contributed by atoms with Crippen LogP contribution in [0.3, 0.4) is 0 Å². The largest absolute Gasteiger partial charge is 0.346 e. The molecule has 0 unspecified atom stereocenters. The monoisotopic (exact) mass is 1220 g/mol. The number of halogens is 1. The number of aromatic amines is 3. The summed E-state index contributed by atoms with van der Waals surface area (Å²) in [5.74, 6) is 1.47. The SMILES string of the molecule is C[C@@H]1C[C@H](Cn2ccc3nc(-c4cn[nH]c4)ccc32)CN1C(=O)Cc1ccccc1.C[C@H]1C[C@H](Cn2ccc3nc(-c4cn[nH]c4)ccc32)CN1C(=O)Cc1cccc(F)c1.C[C@H]1C[C@H](Cn2ccc3nc(-c4cn[nH]c4)ccc32)CN1C(=O)Cc1ccccc1. The molecule has 19 heteroatoms. The number of nitrogens with one attached hydrogen (secondary N) is 3. The van der Waals surface area contributed by atoms with Crippen molar-refractivity contribution in [2.45, 2.75) is 97.1 Å². The number of pyridine rings is 3. The standard InChI is InChI=1S/C24H24FN5O.2C24H25N5O/c1-16-9-18(15-30(16)24(31)11-17-3-2-4-20(25)10-17)14-29-8-7-22-23(29)6-5-21(28-22)19-12-26-27-13-19;2*1-17-11-19(16-29(17)24(30)12-18-5-3-2-4-6-18)15-28-10-9-22-23(28)8-7-21(27-22)20-13-25-26-14-20/h2-8,10,12-13,16,18H,9,11,14-15H2,1H3,(H,26,27);2*2-10,13-14,17,19H,11-12,15-16H2,1H3,(H,25,26)/t16-,18+;17-,19+;17-,19-/m001/s1. The van der Waals surface area contributed by atoms with E-state index in [0.29, 0.717) is 30.6 Å². The summed E-state index contributed by atoms with van der Waals surface area (Å²) in [5.41, 5.74) is 14.8. The second-order valence-corrected chi connectivity index (χ2v) is 24.8. The second kappa shape index (κ2) is 26.8. The molecular formula is C72H74FN15O3. The minimum Gasteiger partial charge on any atom is -0.346 e. The van der Waals surface area contributed by atoms with Crippen LogP contribution in [-0.2, 0) is 53.3 Å². The van der Waals surface area contributed by atoms with E-state index in [4.69, 9.17) is 15.0 Å². The lowest BCUT2D eigenvalue weighted by molar-refractivity contribution is -0.132. The van der Waals surface area contributed by atoms with E-state index in [1.165, 1.54) is 12.1 Å². The van der Waals surface area contributed by atoms with Crippen molar-refractivity contribution in [1.29, 1.82) is 0 Å². The maximum absolute atomic E-state index is 13.4. The second-order valence-electron chi connectivity index (χ2n) is 24.8. The van der Waals surface area contributed by atoms with Gasteiger partial charge in [0, 0.05) is 111 Å². The molecule has 9 aromatic heterocycles. The van der Waals surface area contributed by atoms with Crippen LogP contribution in [0, 0.1) is 23.6 Å². The van der Waals surface area contributed by atoms with Gasteiger partial charge < -0.3 is 28.4 Å². The maximum Gasteiger partial charge on any atom is 0.227 e. The van der Waals surface area contributed by atoms with Gasteiger partial charge in [0.05, 0.1) is 88.0 Å². The van der Waals surface area contributed by atoms with Crippen molar-refractivity contribution >= 4 is 50.8 Å². The number of fused-ring (bicyclic) bond motifs is 3. The van der Waals surface area contributed by atoms with Crippen LogP contribution in [0.4, 0.5) is 4.39 Å². The molecule has 0 bridgehead atoms. The first-order valence-electron chi connectivity index (χ1n) is 31.5. The summed E-state index contributed by atoms with van der Waals surface area (Å²) in [6, 6.07) is 45.6. The van der Waals surface area contributed by atoms with Gasteiger partial charge in [0.25, 0.3) is 0 Å². The molecular weight excluding hydrogens is 1140 g/mol. The molecule has 3 saturated heterocycles. The zero-order chi connectivity index (χ0) is 62.4. The Kier molecular flexibility index (Phi) is 17.6. The van der Waals surface area contributed by atoms with E-state index in [9.17, 15) is 18.8 Å². The van der Waals surface area contributed by atoms with E-state index in [0.717, 1.165) is 142 Å². The van der Waals surface area contributed by atoms with Gasteiger partial charge in [-0.2, -0.15) is 15.3 Å². The van der Waals surface area contributed by atoms with Crippen LogP contribution in [0.2, 0.25) is 0 Å². The zero-order valence-electron chi connectivity index (χ0n) is 51.4. The van der Waals surface area contributed by atoms with Gasteiger partial charge in [-0.15, -0.1) is 0 Å². The quantitative estimate of drug-likeness (QED) is 0.0893. The van der Waals surface area contributed by atoms with Crippen molar-refractivity contribution in [1.82, 2.24) is 73.9 Å². The fourth-order valence-corrected chi connectivity index (χ4v) is 13.7. The molecule has 3 aliphatic heterocycles. The van der Waals surface area contributed by atoms with Crippen molar-refractivity contribution in [3.8, 4) is 33.8 Å². The highest BCUT2D eigenvalue weighted by Crippen LogP contribution is 2.32. The highest BCUT2D eigenvalue weighted by atomic mass is 19.1. The Morgan fingerprint density at radius 1 is 0.429 bits per heavy atom. The number of H-pyrrole nitrogens is 3. The molecule has 91 heavy (non-hydrogen) atoms. The van der Waals surface area contributed by atoms with E-state index in [1.807, 2.05) is 108 Å². The Morgan fingerprint density at radius 2 is 0.769 bits per heavy atom. The van der Waals surface area contributed by atoms with E-state index in [1.54, 1.807) is 30.7 Å². The van der Waals surface area contributed by atoms with Crippen LogP contribution in [0.25, 0.3) is 66.9 Å². The molecule has 3 N–H and O–H groups in total. The highest BCUT2D eigenvalue weighted by Gasteiger charge is 2.35. The molecule has 6 atom stereocenters. The van der Waals surface area contributed by atoms with Gasteiger partial charge in [-0.1, -0.05) is 72.8 Å². The predicted molar refractivity (Wildman–Crippen MR) is 350 cm³/mol. The molecule has 12 heterocycles. The zero-order valence-corrected chi connectivity index (χ0v) is 51.4. The normalized spacial score (nSPS) is 18.8. The van der Waals surface area contributed by atoms with Crippen molar-refractivity contribution in [3.05, 3.63) is 218 Å². The predicted octanol–water partition coefficient (Wildman–Crippen LogP) is 11.9. The van der Waals surface area contributed by atoms with Crippen molar-refractivity contribution in [2.75, 3.05) is 19.6 Å². The minimum atomic E-state index is -0.304. The summed E-state index contributed by atoms with van der Waals surface area (Å²) >= 11 is 0. The van der Waals surface area contributed by atoms with Crippen LogP contribution in [0.5, 0.6) is 0 Å². The number of hydrogen-bond acceptors (Lipinski definition) is 9. The maximum atomic E-state index is 13.4. The number of likely N-dealkylation sites (tertiary alicyclic amines) is 3. The highest BCUT2D eigenvalue weighted by molar-refractivity contribution is 5.83. The van der Waals surface area contributed by atoms with E-state index in [-0.39, 0.29) is 48.1 Å². The minimum absolute atomic E-state index is 0.0596. The van der Waals surface area contributed by atoms with E-state index in [2.05, 4.69) is 124 Å². The molecule has 0 spiro atoms. The number of benzene rings is 3. The summed E-state index contributed by atoms with van der Waals surface area (Å²) < 4.78 is 20.2. The topological polar surface area (TPSA) is 200 Å². The van der Waals surface area contributed by atoms with Gasteiger partial charge >= 0.3 is 0 Å². The summed E-state index contributed by atoms with van der Waals surface area (Å²) in [6.45, 7) is 11.4. The van der Waals surface area contributed by atoms with Gasteiger partial charge in [-0.05, 0) is 141 Å². The first-order valence-corrected chi connectivity index (χ1v) is 31.5. The smallest absolute Gasteiger partial charge is 0.227 e. The van der Waals surface area contributed by atoms with E-state index >= 15 is 0 Å². The number of hydrogen-bond donors (Lipinski definition) is 3. The molecule has 3 fully saturated rings. The molecule has 0 aliphatic carbocycles. The van der Waals surface area contributed by atoms with Crippen LogP contribution in [-0.4, -0.2) is 129 Å². The Labute approximate surface area is 527 Å². The van der Waals surface area contributed by atoms with Crippen molar-refractivity contribution in [2.24, 2.45) is 17.8 Å². The van der Waals surface area contributed by atoms with Gasteiger partial charge in [-0.25, -0.2) is 19.3 Å². The van der Waals surface area contributed by atoms with Gasteiger partial charge in [0.15, 0.2) is 0 Å². The third-order valence-corrected chi connectivity index (χ3v) is 18.2. The number of carbonyl (C=O) groups excluding carboxylic acids is 3. The first kappa shape index (κ1) is 59.7. The van der Waals surface area contributed by atoms with Crippen molar-refractivity contribution < 1.29 is 18.8 Å². The van der Waals surface area contributed by atoms with Crippen LogP contribution < -0.4 is 0 Å². The van der Waals surface area contributed by atoms with Gasteiger partial charge in [0.1, 0.15) is 5.82 Å². The fraction of sp³-hybridized carbons (Fsp3) is 0.292. The number of amides is 3. The summed E-state index contributed by atoms with van der Waals surface area (Å²) in [4.78, 5) is 58.8. The molecule has 3 aromatic carbocycles. The Hall–Kier alpha value is -10.3.